The fourth-order valence-electron chi connectivity index (χ4n) is 2.00. The normalized spacial score (nSPS) is 18.5. The Bertz CT molecular complexity index is 444. The Morgan fingerprint density at radius 1 is 1.58 bits per heavy atom. The number of benzene rings is 1. The van der Waals surface area contributed by atoms with E-state index >= 15 is 0 Å². The molecule has 1 atom stereocenters. The summed E-state index contributed by atoms with van der Waals surface area (Å²) < 4.78 is 10.6. The summed E-state index contributed by atoms with van der Waals surface area (Å²) in [6, 6.07) is 5.36. The number of esters is 1. The first-order valence-corrected chi connectivity index (χ1v) is 7.50. The topological polar surface area (TPSA) is 61.5 Å². The molecular formula is C14H19NO3S. The molecule has 0 bridgehead atoms. The zero-order valence-corrected chi connectivity index (χ0v) is 11.9. The second-order valence-electron chi connectivity index (χ2n) is 4.42. The van der Waals surface area contributed by atoms with E-state index in [1.165, 1.54) is 0 Å². The fraction of sp³-hybridized carbons (Fsp3) is 0.500. The number of ether oxygens (including phenoxy) is 2. The molecule has 4 nitrogen and oxygen atoms in total. The van der Waals surface area contributed by atoms with Crippen LogP contribution in [0.5, 0.6) is 0 Å². The predicted octanol–water partition coefficient (Wildman–Crippen LogP) is 2.72. The molecule has 1 aromatic rings. The molecule has 0 aliphatic carbocycles. The van der Waals surface area contributed by atoms with Gasteiger partial charge in [0.1, 0.15) is 0 Å². The summed E-state index contributed by atoms with van der Waals surface area (Å²) in [5, 5.41) is 0. The first kappa shape index (κ1) is 14.2. The maximum atomic E-state index is 11.9. The van der Waals surface area contributed by atoms with Crippen LogP contribution in [0, 0.1) is 0 Å². The monoisotopic (exact) mass is 281 g/mol. The summed E-state index contributed by atoms with van der Waals surface area (Å²) in [6.45, 7) is 3.00. The van der Waals surface area contributed by atoms with Crippen molar-refractivity contribution < 1.29 is 14.3 Å². The van der Waals surface area contributed by atoms with Crippen molar-refractivity contribution in [2.45, 2.75) is 30.8 Å². The summed E-state index contributed by atoms with van der Waals surface area (Å²) in [5.74, 6) is 0.542. The number of rotatable bonds is 5. The van der Waals surface area contributed by atoms with E-state index in [1.807, 2.05) is 6.07 Å². The first-order valence-electron chi connectivity index (χ1n) is 6.51. The minimum absolute atomic E-state index is 0.289. The summed E-state index contributed by atoms with van der Waals surface area (Å²) in [6.07, 6.45) is 2.51. The van der Waals surface area contributed by atoms with E-state index in [0.29, 0.717) is 17.9 Å². The van der Waals surface area contributed by atoms with Crippen molar-refractivity contribution >= 4 is 23.4 Å². The molecule has 0 saturated carbocycles. The van der Waals surface area contributed by atoms with E-state index < -0.39 is 0 Å². The first-order chi connectivity index (χ1) is 9.20. The predicted molar refractivity (Wildman–Crippen MR) is 76.5 cm³/mol. The Labute approximate surface area is 117 Å². The zero-order chi connectivity index (χ0) is 13.7. The third kappa shape index (κ3) is 3.88. The molecule has 104 valence electrons. The molecule has 1 aliphatic heterocycles. The third-order valence-electron chi connectivity index (χ3n) is 2.95. The number of carbonyl (C=O) groups is 1. The highest BCUT2D eigenvalue weighted by Crippen LogP contribution is 2.28. The molecule has 1 heterocycles. The zero-order valence-electron chi connectivity index (χ0n) is 11.1. The Balaban J connectivity index is 2.07. The molecule has 0 amide bonds. The smallest absolute Gasteiger partial charge is 0.339 e. The molecule has 1 fully saturated rings. The van der Waals surface area contributed by atoms with E-state index in [4.69, 9.17) is 15.2 Å². The van der Waals surface area contributed by atoms with E-state index in [0.717, 1.165) is 30.1 Å². The largest absolute Gasteiger partial charge is 0.462 e. The van der Waals surface area contributed by atoms with Gasteiger partial charge < -0.3 is 15.2 Å². The lowest BCUT2D eigenvalue weighted by atomic mass is 10.2. The average Bonchev–Trinajstić information content (AvgIpc) is 2.90. The van der Waals surface area contributed by atoms with Crippen molar-refractivity contribution in [3.05, 3.63) is 23.8 Å². The standard InChI is InChI=1S/C14H19NO3S/c1-2-17-14(16)12-8-10(15)5-6-13(12)19-9-11-4-3-7-18-11/h5-6,8,11H,2-4,7,9,15H2,1H3. The van der Waals surface area contributed by atoms with Crippen LogP contribution >= 0.6 is 11.8 Å². The number of hydrogen-bond donors (Lipinski definition) is 1. The molecule has 2 N–H and O–H groups in total. The molecule has 1 unspecified atom stereocenters. The lowest BCUT2D eigenvalue weighted by Crippen LogP contribution is -2.10. The van der Waals surface area contributed by atoms with Crippen molar-refractivity contribution in [3.8, 4) is 0 Å². The molecule has 1 saturated heterocycles. The molecule has 1 aliphatic rings. The minimum atomic E-state index is -0.315. The van der Waals surface area contributed by atoms with Crippen LogP contribution in [0.3, 0.4) is 0 Å². The summed E-state index contributed by atoms with van der Waals surface area (Å²) >= 11 is 1.63. The van der Waals surface area contributed by atoms with Gasteiger partial charge in [-0.1, -0.05) is 0 Å². The number of nitrogen functional groups attached to an aromatic ring is 1. The van der Waals surface area contributed by atoms with E-state index in [1.54, 1.807) is 30.8 Å². The lowest BCUT2D eigenvalue weighted by molar-refractivity contribution is 0.0522. The van der Waals surface area contributed by atoms with Gasteiger partial charge in [-0.2, -0.15) is 0 Å². The van der Waals surface area contributed by atoms with Crippen LogP contribution < -0.4 is 5.73 Å². The van der Waals surface area contributed by atoms with Gasteiger partial charge in [0, 0.05) is 22.9 Å². The van der Waals surface area contributed by atoms with Crippen molar-refractivity contribution in [2.75, 3.05) is 24.7 Å². The van der Waals surface area contributed by atoms with E-state index in [9.17, 15) is 4.79 Å². The Morgan fingerprint density at radius 3 is 3.11 bits per heavy atom. The minimum Gasteiger partial charge on any atom is -0.462 e. The van der Waals surface area contributed by atoms with Gasteiger partial charge in [0.25, 0.3) is 0 Å². The molecule has 0 radical (unpaired) electrons. The Morgan fingerprint density at radius 2 is 2.42 bits per heavy atom. The Kier molecular flexibility index (Phi) is 5.10. The van der Waals surface area contributed by atoms with Gasteiger partial charge in [-0.05, 0) is 38.0 Å². The number of carbonyl (C=O) groups excluding carboxylic acids is 1. The van der Waals surface area contributed by atoms with Crippen LogP contribution in [-0.2, 0) is 9.47 Å². The highest BCUT2D eigenvalue weighted by atomic mass is 32.2. The highest BCUT2D eigenvalue weighted by molar-refractivity contribution is 7.99. The molecule has 1 aromatic carbocycles. The molecule has 19 heavy (non-hydrogen) atoms. The van der Waals surface area contributed by atoms with Gasteiger partial charge in [0.15, 0.2) is 0 Å². The maximum Gasteiger partial charge on any atom is 0.339 e. The fourth-order valence-corrected chi connectivity index (χ4v) is 3.09. The highest BCUT2D eigenvalue weighted by Gasteiger charge is 2.18. The molecule has 0 spiro atoms. The van der Waals surface area contributed by atoms with Crippen molar-refractivity contribution in [3.63, 3.8) is 0 Å². The van der Waals surface area contributed by atoms with Crippen molar-refractivity contribution in [1.29, 1.82) is 0 Å². The van der Waals surface area contributed by atoms with Crippen molar-refractivity contribution in [2.24, 2.45) is 0 Å². The molecule has 5 heteroatoms. The van der Waals surface area contributed by atoms with Gasteiger partial charge >= 0.3 is 5.97 Å². The van der Waals surface area contributed by atoms with Crippen LogP contribution in [0.4, 0.5) is 5.69 Å². The number of hydrogen-bond acceptors (Lipinski definition) is 5. The Hall–Kier alpha value is -1.20. The SMILES string of the molecule is CCOC(=O)c1cc(N)ccc1SCC1CCCO1. The van der Waals surface area contributed by atoms with E-state index in [2.05, 4.69) is 0 Å². The number of anilines is 1. The molecule has 0 aromatic heterocycles. The van der Waals surface area contributed by atoms with Gasteiger partial charge in [-0.3, -0.25) is 0 Å². The van der Waals surface area contributed by atoms with Gasteiger partial charge in [0.05, 0.1) is 18.3 Å². The summed E-state index contributed by atoms with van der Waals surface area (Å²) in [7, 11) is 0. The second-order valence-corrected chi connectivity index (χ2v) is 5.48. The third-order valence-corrected chi connectivity index (χ3v) is 4.15. The van der Waals surface area contributed by atoms with Gasteiger partial charge in [0.2, 0.25) is 0 Å². The van der Waals surface area contributed by atoms with E-state index in [-0.39, 0.29) is 12.1 Å². The summed E-state index contributed by atoms with van der Waals surface area (Å²) in [4.78, 5) is 12.8. The van der Waals surface area contributed by atoms with Crippen LogP contribution in [0.25, 0.3) is 0 Å². The van der Waals surface area contributed by atoms with Crippen LogP contribution in [0.15, 0.2) is 23.1 Å². The van der Waals surface area contributed by atoms with Crippen molar-refractivity contribution in [1.82, 2.24) is 0 Å². The van der Waals surface area contributed by atoms with Crippen LogP contribution in [0.1, 0.15) is 30.1 Å². The lowest BCUT2D eigenvalue weighted by Gasteiger charge is -2.12. The van der Waals surface area contributed by atoms with Gasteiger partial charge in [-0.15, -0.1) is 11.8 Å². The average molecular weight is 281 g/mol. The summed E-state index contributed by atoms with van der Waals surface area (Å²) in [5.41, 5.74) is 6.86. The van der Waals surface area contributed by atoms with Crippen LogP contribution in [0.2, 0.25) is 0 Å². The number of nitrogens with two attached hydrogens (primary N) is 1. The maximum absolute atomic E-state index is 11.9. The second kappa shape index (κ2) is 6.82. The van der Waals surface area contributed by atoms with Crippen LogP contribution in [-0.4, -0.2) is 31.0 Å². The number of thioether (sulfide) groups is 1. The quantitative estimate of drug-likeness (QED) is 0.511. The van der Waals surface area contributed by atoms with Gasteiger partial charge in [-0.25, -0.2) is 4.79 Å². The molecular weight excluding hydrogens is 262 g/mol. The molecule has 2 rings (SSSR count).